The molecule has 0 spiro atoms. The van der Waals surface area contributed by atoms with Crippen molar-refractivity contribution in [3.05, 3.63) is 40.0 Å². The maximum absolute atomic E-state index is 12.2. The molecule has 1 N–H and O–H groups in total. The molecule has 7 heteroatoms. The summed E-state index contributed by atoms with van der Waals surface area (Å²) in [6, 6.07) is 7.74. The summed E-state index contributed by atoms with van der Waals surface area (Å²) in [5.74, 6) is 0.383. The number of rotatable bonds is 5. The first-order valence-corrected chi connectivity index (χ1v) is 10.3. The molecule has 0 unspecified atom stereocenters. The zero-order chi connectivity index (χ0) is 19.4. The van der Waals surface area contributed by atoms with E-state index in [9.17, 15) is 4.79 Å². The largest absolute Gasteiger partial charge is 0.338 e. The third kappa shape index (κ3) is 4.58. The van der Waals surface area contributed by atoms with Crippen molar-refractivity contribution in [3.8, 4) is 11.3 Å². The van der Waals surface area contributed by atoms with Gasteiger partial charge in [0, 0.05) is 43.9 Å². The van der Waals surface area contributed by atoms with E-state index in [0.717, 1.165) is 56.6 Å². The van der Waals surface area contributed by atoms with Crippen molar-refractivity contribution in [2.45, 2.75) is 38.5 Å². The van der Waals surface area contributed by atoms with Gasteiger partial charge in [0.05, 0.1) is 15.7 Å². The smallest absolute Gasteiger partial charge is 0.317 e. The number of carbonyl (C=O) groups excluding carboxylic acids is 1. The Morgan fingerprint density at radius 2 is 2.04 bits per heavy atom. The maximum Gasteiger partial charge on any atom is 0.317 e. The minimum atomic E-state index is 0.0540. The fourth-order valence-electron chi connectivity index (χ4n) is 3.56. The third-order valence-corrected chi connectivity index (χ3v) is 5.97. The topological polar surface area (TPSA) is 50.2 Å². The van der Waals surface area contributed by atoms with Gasteiger partial charge in [0.25, 0.3) is 0 Å². The second-order valence-electron chi connectivity index (χ2n) is 7.03. The number of nitrogens with zero attached hydrogens (tertiary/aromatic N) is 3. The van der Waals surface area contributed by atoms with Crippen LogP contribution in [0.5, 0.6) is 0 Å². The molecule has 1 fully saturated rings. The summed E-state index contributed by atoms with van der Waals surface area (Å²) < 4.78 is 1.92. The van der Waals surface area contributed by atoms with Crippen molar-refractivity contribution >= 4 is 29.2 Å². The van der Waals surface area contributed by atoms with Crippen molar-refractivity contribution in [2.75, 3.05) is 19.6 Å². The number of likely N-dealkylation sites (tertiary alicyclic amines) is 1. The van der Waals surface area contributed by atoms with Crippen LogP contribution in [0.1, 0.15) is 44.2 Å². The van der Waals surface area contributed by atoms with E-state index >= 15 is 0 Å². The third-order valence-electron chi connectivity index (χ3n) is 5.15. The average Bonchev–Trinajstić information content (AvgIpc) is 3.05. The molecule has 2 heterocycles. The van der Waals surface area contributed by atoms with Crippen LogP contribution >= 0.6 is 23.2 Å². The molecule has 0 bridgehead atoms. The number of nitrogens with one attached hydrogen (secondary N) is 1. The molecule has 1 aliphatic rings. The predicted octanol–water partition coefficient (Wildman–Crippen LogP) is 5.08. The number of amides is 2. The van der Waals surface area contributed by atoms with Crippen molar-refractivity contribution in [1.29, 1.82) is 0 Å². The van der Waals surface area contributed by atoms with E-state index in [1.54, 1.807) is 6.07 Å². The Kier molecular flexibility index (Phi) is 6.66. The molecule has 1 aliphatic heterocycles. The normalized spacial score (nSPS) is 15.2. The Morgan fingerprint density at radius 1 is 1.30 bits per heavy atom. The van der Waals surface area contributed by atoms with Gasteiger partial charge in [-0.15, -0.1) is 0 Å². The molecule has 3 rings (SSSR count). The molecule has 1 saturated heterocycles. The summed E-state index contributed by atoms with van der Waals surface area (Å²) in [6.07, 6.45) is 3.97. The molecule has 2 aromatic rings. The molecule has 0 atom stereocenters. The van der Waals surface area contributed by atoms with Crippen molar-refractivity contribution in [1.82, 2.24) is 20.0 Å². The lowest BCUT2D eigenvalue weighted by Crippen LogP contribution is -2.44. The molecule has 27 heavy (non-hydrogen) atoms. The highest BCUT2D eigenvalue weighted by molar-refractivity contribution is 6.43. The monoisotopic (exact) mass is 408 g/mol. The SMILES string of the molecule is CCCCNC(=O)N1CCC(c2cc(-c3cccc(Cl)c3Cl)nn2C)CC1. The summed E-state index contributed by atoms with van der Waals surface area (Å²) >= 11 is 12.5. The van der Waals surface area contributed by atoms with Crippen LogP contribution in [0.15, 0.2) is 24.3 Å². The Labute approximate surface area is 170 Å². The van der Waals surface area contributed by atoms with Gasteiger partial charge in [-0.1, -0.05) is 48.7 Å². The number of unbranched alkanes of at least 4 members (excludes halogenated alkanes) is 1. The van der Waals surface area contributed by atoms with E-state index < -0.39 is 0 Å². The number of carbonyl (C=O) groups is 1. The van der Waals surface area contributed by atoms with Gasteiger partial charge in [-0.25, -0.2) is 4.79 Å². The maximum atomic E-state index is 12.2. The molecular weight excluding hydrogens is 383 g/mol. The molecule has 146 valence electrons. The molecule has 1 aromatic carbocycles. The molecule has 2 amide bonds. The highest BCUT2D eigenvalue weighted by Gasteiger charge is 2.26. The van der Waals surface area contributed by atoms with Crippen LogP contribution in [-0.2, 0) is 7.05 Å². The number of urea groups is 1. The Hall–Kier alpha value is -1.72. The number of piperidine rings is 1. The van der Waals surface area contributed by atoms with Crippen LogP contribution in [0.3, 0.4) is 0 Å². The van der Waals surface area contributed by atoms with Gasteiger partial charge in [0.2, 0.25) is 0 Å². The molecular formula is C20H26Cl2N4O. The van der Waals surface area contributed by atoms with Crippen LogP contribution in [-0.4, -0.2) is 40.3 Å². The molecule has 5 nitrogen and oxygen atoms in total. The van der Waals surface area contributed by atoms with Gasteiger partial charge in [0.15, 0.2) is 0 Å². The van der Waals surface area contributed by atoms with E-state index in [4.69, 9.17) is 23.2 Å². The number of benzene rings is 1. The lowest BCUT2D eigenvalue weighted by Gasteiger charge is -2.32. The predicted molar refractivity (Wildman–Crippen MR) is 111 cm³/mol. The highest BCUT2D eigenvalue weighted by Crippen LogP contribution is 2.35. The fourth-order valence-corrected chi connectivity index (χ4v) is 3.96. The van der Waals surface area contributed by atoms with Crippen LogP contribution in [0.2, 0.25) is 10.0 Å². The first kappa shape index (κ1) is 20.0. The zero-order valence-electron chi connectivity index (χ0n) is 15.8. The molecule has 0 aliphatic carbocycles. The Balaban J connectivity index is 1.66. The van der Waals surface area contributed by atoms with E-state index in [2.05, 4.69) is 23.4 Å². The van der Waals surface area contributed by atoms with Crippen molar-refractivity contribution < 1.29 is 4.79 Å². The minimum absolute atomic E-state index is 0.0540. The van der Waals surface area contributed by atoms with Gasteiger partial charge in [-0.2, -0.15) is 5.10 Å². The van der Waals surface area contributed by atoms with E-state index in [0.29, 0.717) is 16.0 Å². The number of halogens is 2. The Bertz CT molecular complexity index is 797. The standard InChI is InChI=1S/C20H26Cl2N4O/c1-3-4-10-23-20(27)26-11-8-14(9-12-26)18-13-17(24-25(18)2)15-6-5-7-16(21)19(15)22/h5-7,13-14H,3-4,8-12H2,1-2H3,(H,23,27). The van der Waals surface area contributed by atoms with Crippen molar-refractivity contribution in [2.24, 2.45) is 7.05 Å². The number of aryl methyl sites for hydroxylation is 1. The molecule has 0 radical (unpaired) electrons. The van der Waals surface area contributed by atoms with E-state index in [1.807, 2.05) is 28.8 Å². The molecule has 1 aromatic heterocycles. The summed E-state index contributed by atoms with van der Waals surface area (Å²) in [5, 5.41) is 8.70. The lowest BCUT2D eigenvalue weighted by atomic mass is 9.93. The van der Waals surface area contributed by atoms with Gasteiger partial charge >= 0.3 is 6.03 Å². The van der Waals surface area contributed by atoms with Gasteiger partial charge < -0.3 is 10.2 Å². The van der Waals surface area contributed by atoms with Gasteiger partial charge in [0.1, 0.15) is 0 Å². The number of hydrogen-bond donors (Lipinski definition) is 1. The van der Waals surface area contributed by atoms with Crippen molar-refractivity contribution in [3.63, 3.8) is 0 Å². The van der Waals surface area contributed by atoms with Crippen LogP contribution in [0.4, 0.5) is 4.79 Å². The summed E-state index contributed by atoms with van der Waals surface area (Å²) in [4.78, 5) is 14.1. The summed E-state index contributed by atoms with van der Waals surface area (Å²) in [5.41, 5.74) is 2.85. The van der Waals surface area contributed by atoms with Gasteiger partial charge in [-0.05, 0) is 31.4 Å². The van der Waals surface area contributed by atoms with Gasteiger partial charge in [-0.3, -0.25) is 4.68 Å². The quantitative estimate of drug-likeness (QED) is 0.700. The Morgan fingerprint density at radius 3 is 2.74 bits per heavy atom. The molecule has 0 saturated carbocycles. The summed E-state index contributed by atoms with van der Waals surface area (Å²) in [6.45, 7) is 4.40. The average molecular weight is 409 g/mol. The number of hydrogen-bond acceptors (Lipinski definition) is 2. The van der Waals surface area contributed by atoms with Crippen LogP contribution < -0.4 is 5.32 Å². The minimum Gasteiger partial charge on any atom is -0.338 e. The number of aromatic nitrogens is 2. The lowest BCUT2D eigenvalue weighted by molar-refractivity contribution is 0.180. The first-order valence-electron chi connectivity index (χ1n) is 9.52. The zero-order valence-corrected chi connectivity index (χ0v) is 17.4. The fraction of sp³-hybridized carbons (Fsp3) is 0.500. The first-order chi connectivity index (χ1) is 13.0. The van der Waals surface area contributed by atoms with E-state index in [1.165, 1.54) is 5.69 Å². The second-order valence-corrected chi connectivity index (χ2v) is 7.81. The summed E-state index contributed by atoms with van der Waals surface area (Å²) in [7, 11) is 1.96. The highest BCUT2D eigenvalue weighted by atomic mass is 35.5. The second kappa shape index (κ2) is 8.98. The van der Waals surface area contributed by atoms with Crippen LogP contribution in [0, 0.1) is 0 Å². The van der Waals surface area contributed by atoms with E-state index in [-0.39, 0.29) is 6.03 Å². The van der Waals surface area contributed by atoms with Crippen LogP contribution in [0.25, 0.3) is 11.3 Å².